The van der Waals surface area contributed by atoms with Crippen molar-refractivity contribution in [2.45, 2.75) is 23.6 Å². The number of oxime groups is 1. The summed E-state index contributed by atoms with van der Waals surface area (Å²) in [6, 6.07) is 28.1. The number of nitrogens with one attached hydrogen (secondary N) is 2. The Morgan fingerprint density at radius 1 is 1.04 bits per heavy atom. The first-order chi connectivity index (χ1) is 23.2. The van der Waals surface area contributed by atoms with Crippen LogP contribution in [0.3, 0.4) is 0 Å². The van der Waals surface area contributed by atoms with Gasteiger partial charge in [0.1, 0.15) is 28.1 Å². The van der Waals surface area contributed by atoms with Gasteiger partial charge in [-0.15, -0.1) is 29.7 Å². The molecule has 2 aliphatic rings. The Morgan fingerprint density at radius 3 is 2.10 bits per heavy atom. The molecule has 2 fully saturated rings. The number of alkyl halides is 2. The van der Waals surface area contributed by atoms with Gasteiger partial charge in [0, 0.05) is 17.7 Å². The number of carbonyl (C=O) groups excluding carboxylic acids is 2. The van der Waals surface area contributed by atoms with Crippen LogP contribution in [0.4, 0.5) is 13.9 Å². The maximum atomic E-state index is 13.5. The molecule has 2 saturated heterocycles. The van der Waals surface area contributed by atoms with Crippen LogP contribution in [0.15, 0.2) is 114 Å². The van der Waals surface area contributed by atoms with E-state index in [9.17, 15) is 28.3 Å². The molecule has 4 aromatic rings. The Labute approximate surface area is 282 Å². The average molecular weight is 690 g/mol. The van der Waals surface area contributed by atoms with E-state index in [4.69, 9.17) is 0 Å². The monoisotopic (exact) mass is 689 g/mol. The van der Waals surface area contributed by atoms with E-state index in [1.165, 1.54) is 28.1 Å². The molecule has 2 amide bonds. The van der Waals surface area contributed by atoms with Crippen molar-refractivity contribution in [2.75, 3.05) is 17.6 Å². The quantitative estimate of drug-likeness (QED) is 0.0612. The number of aliphatic carboxylic acids is 1. The lowest BCUT2D eigenvalue weighted by atomic mass is 9.77. The maximum Gasteiger partial charge on any atom is 0.407 e. The van der Waals surface area contributed by atoms with Gasteiger partial charge in [0.25, 0.3) is 5.91 Å². The number of thioether (sulfide) groups is 1. The summed E-state index contributed by atoms with van der Waals surface area (Å²) in [6.45, 7) is 0.201. The van der Waals surface area contributed by atoms with E-state index in [0.29, 0.717) is 5.13 Å². The van der Waals surface area contributed by atoms with Gasteiger partial charge in [-0.1, -0.05) is 102 Å². The molecular formula is C34H29F2N5O5S2. The van der Waals surface area contributed by atoms with E-state index in [0.717, 1.165) is 28.0 Å². The summed E-state index contributed by atoms with van der Waals surface area (Å²) in [5.74, 6) is -2.44. The summed E-state index contributed by atoms with van der Waals surface area (Å²) in [4.78, 5) is 48.5. The SMILES string of the molecule is C=CC1(C(=O)O)CS[C@@H]2C(NC(=O)C(=NOC(F)F)c3csc(NC(c4ccccc4)(c4ccccc4)c4ccccc4)n3)C(=O)N2C1. The average Bonchev–Trinajstić information content (AvgIpc) is 3.58. The molecule has 0 bridgehead atoms. The van der Waals surface area contributed by atoms with Crippen LogP contribution in [-0.4, -0.2) is 68.8 Å². The number of hydrogen-bond donors (Lipinski definition) is 3. The number of rotatable bonds is 12. The van der Waals surface area contributed by atoms with Crippen LogP contribution in [0.1, 0.15) is 22.4 Å². The molecule has 0 spiro atoms. The number of amides is 2. The van der Waals surface area contributed by atoms with E-state index in [1.807, 2.05) is 91.0 Å². The molecule has 3 N–H and O–H groups in total. The van der Waals surface area contributed by atoms with E-state index in [-0.39, 0.29) is 18.0 Å². The molecular weight excluding hydrogens is 661 g/mol. The molecule has 2 aliphatic heterocycles. The number of anilines is 1. The first-order valence-electron chi connectivity index (χ1n) is 14.7. The zero-order valence-electron chi connectivity index (χ0n) is 25.2. The molecule has 6 rings (SSSR count). The van der Waals surface area contributed by atoms with Crippen LogP contribution in [0.2, 0.25) is 0 Å². The minimum atomic E-state index is -3.32. The van der Waals surface area contributed by atoms with Crippen molar-refractivity contribution < 1.29 is 33.1 Å². The third-order valence-corrected chi connectivity index (χ3v) is 10.6. The summed E-state index contributed by atoms with van der Waals surface area (Å²) in [7, 11) is 0. The van der Waals surface area contributed by atoms with Gasteiger partial charge in [-0.2, -0.15) is 8.78 Å². The largest absolute Gasteiger partial charge is 0.481 e. The molecule has 14 heteroatoms. The number of carbonyl (C=O) groups is 3. The highest BCUT2D eigenvalue weighted by Gasteiger charge is 2.56. The van der Waals surface area contributed by atoms with Gasteiger partial charge >= 0.3 is 12.6 Å². The van der Waals surface area contributed by atoms with E-state index >= 15 is 0 Å². The fraction of sp³-hybridized carbons (Fsp3) is 0.206. The zero-order chi connectivity index (χ0) is 33.9. The van der Waals surface area contributed by atoms with Crippen molar-refractivity contribution in [1.29, 1.82) is 0 Å². The van der Waals surface area contributed by atoms with E-state index in [2.05, 4.69) is 32.2 Å². The fourth-order valence-corrected chi connectivity index (χ4v) is 8.11. The van der Waals surface area contributed by atoms with Crippen molar-refractivity contribution >= 4 is 51.7 Å². The van der Waals surface area contributed by atoms with E-state index in [1.54, 1.807) is 0 Å². The lowest BCUT2D eigenvalue weighted by molar-refractivity contribution is -0.156. The summed E-state index contributed by atoms with van der Waals surface area (Å²) in [5, 5.41) is 20.5. The van der Waals surface area contributed by atoms with Crippen LogP contribution >= 0.6 is 23.1 Å². The predicted molar refractivity (Wildman–Crippen MR) is 179 cm³/mol. The summed E-state index contributed by atoms with van der Waals surface area (Å²) in [6.07, 6.45) is 1.31. The number of carboxylic acid groups (broad SMARTS) is 1. The molecule has 2 unspecified atom stereocenters. The number of aromatic nitrogens is 1. The second kappa shape index (κ2) is 13.6. The predicted octanol–water partition coefficient (Wildman–Crippen LogP) is 5.15. The van der Waals surface area contributed by atoms with Gasteiger partial charge in [-0.3, -0.25) is 14.4 Å². The van der Waals surface area contributed by atoms with Gasteiger partial charge in [0.05, 0.1) is 0 Å². The van der Waals surface area contributed by atoms with Gasteiger partial charge in [0.15, 0.2) is 10.8 Å². The van der Waals surface area contributed by atoms with Gasteiger partial charge in [0.2, 0.25) is 5.91 Å². The van der Waals surface area contributed by atoms with Crippen molar-refractivity contribution in [2.24, 2.45) is 10.6 Å². The fourth-order valence-electron chi connectivity index (χ4n) is 5.82. The summed E-state index contributed by atoms with van der Waals surface area (Å²) >= 11 is 2.31. The van der Waals surface area contributed by atoms with Gasteiger partial charge < -0.3 is 25.5 Å². The number of carboxylic acids is 1. The smallest absolute Gasteiger partial charge is 0.407 e. The number of hydrogen-bond acceptors (Lipinski definition) is 9. The Morgan fingerprint density at radius 2 is 1.60 bits per heavy atom. The minimum Gasteiger partial charge on any atom is -0.481 e. The molecule has 10 nitrogen and oxygen atoms in total. The topological polar surface area (TPSA) is 133 Å². The Hall–Kier alpha value is -5.08. The highest BCUT2D eigenvalue weighted by Crippen LogP contribution is 2.43. The first kappa shape index (κ1) is 32.8. The summed E-state index contributed by atoms with van der Waals surface area (Å²) < 4.78 is 26.3. The molecule has 0 aliphatic carbocycles. The normalized spacial score (nSPS) is 20.8. The van der Waals surface area contributed by atoms with Crippen molar-refractivity contribution in [1.82, 2.24) is 15.2 Å². The molecule has 3 heterocycles. The van der Waals surface area contributed by atoms with Crippen molar-refractivity contribution in [3.05, 3.63) is 131 Å². The Kier molecular flexibility index (Phi) is 9.29. The third kappa shape index (κ3) is 6.04. The minimum absolute atomic E-state index is 0.0554. The second-order valence-electron chi connectivity index (χ2n) is 11.1. The highest BCUT2D eigenvalue weighted by atomic mass is 32.2. The summed E-state index contributed by atoms with van der Waals surface area (Å²) in [5.41, 5.74) is -0.187. The number of fused-ring (bicyclic) bond motifs is 1. The van der Waals surface area contributed by atoms with Crippen LogP contribution in [0, 0.1) is 5.41 Å². The first-order valence-corrected chi connectivity index (χ1v) is 16.6. The number of benzene rings is 3. The van der Waals surface area contributed by atoms with Crippen LogP contribution in [-0.2, 0) is 24.8 Å². The van der Waals surface area contributed by atoms with Gasteiger partial charge in [-0.25, -0.2) is 4.98 Å². The van der Waals surface area contributed by atoms with Crippen LogP contribution in [0.5, 0.6) is 0 Å². The lowest BCUT2D eigenvalue weighted by Crippen LogP contribution is -2.73. The van der Waals surface area contributed by atoms with Crippen molar-refractivity contribution in [3.8, 4) is 0 Å². The Balaban J connectivity index is 1.31. The number of β-lactam (4-membered cyclic amide) rings is 1. The molecule has 3 atom stereocenters. The molecule has 1 aromatic heterocycles. The molecule has 48 heavy (non-hydrogen) atoms. The van der Waals surface area contributed by atoms with Gasteiger partial charge in [-0.05, 0) is 16.7 Å². The zero-order valence-corrected chi connectivity index (χ0v) is 26.8. The maximum absolute atomic E-state index is 13.5. The third-order valence-electron chi connectivity index (χ3n) is 8.31. The Bertz CT molecular complexity index is 1750. The van der Waals surface area contributed by atoms with Crippen LogP contribution in [0.25, 0.3) is 0 Å². The molecule has 0 radical (unpaired) electrons. The number of nitrogens with zero attached hydrogens (tertiary/aromatic N) is 3. The standard InChI is InChI=1S/C34H29F2N5O5S2/c1-2-33(30(44)45)19-41-28(43)26(29(41)48-20-33)38-27(42)25(40-46-31(35)36)24-18-47-32(37-24)39-34(21-12-6-3-7-13-21,22-14-8-4-9-15-22)23-16-10-5-11-17-23/h2-18,26,29,31H,1,19-20H2,(H,37,39)(H,38,42)(H,44,45)/t26?,29-,33?/m1/s1. The molecule has 246 valence electrons. The molecule has 0 saturated carbocycles. The van der Waals surface area contributed by atoms with Crippen LogP contribution < -0.4 is 10.6 Å². The number of thiazole rings is 1. The highest BCUT2D eigenvalue weighted by molar-refractivity contribution is 8.00. The molecule has 3 aromatic carbocycles. The lowest BCUT2D eigenvalue weighted by Gasteiger charge is -2.53. The van der Waals surface area contributed by atoms with Crippen molar-refractivity contribution in [3.63, 3.8) is 0 Å². The van der Waals surface area contributed by atoms with E-state index < -0.39 is 52.5 Å². The number of halogens is 2. The second-order valence-corrected chi connectivity index (χ2v) is 13.1.